The molecule has 2 aromatic carbocycles. The number of fused-ring (bicyclic) bond motifs is 1. The van der Waals surface area contributed by atoms with Gasteiger partial charge in [0.25, 0.3) is 0 Å². The lowest BCUT2D eigenvalue weighted by atomic mass is 9.70. The summed E-state index contributed by atoms with van der Waals surface area (Å²) in [5, 5.41) is 11.8. The Morgan fingerprint density at radius 3 is 2.44 bits per heavy atom. The standard InChI is InChI=1S/C14H15NO/c15-14(8-13(16)9-14)12-6-5-10-3-1-2-4-11(10)7-12/h1-7,13,16H,8-9,15H2. The minimum atomic E-state index is -0.316. The third kappa shape index (κ3) is 1.42. The highest BCUT2D eigenvalue weighted by Crippen LogP contribution is 2.39. The molecule has 0 saturated heterocycles. The van der Waals surface area contributed by atoms with Crippen molar-refractivity contribution < 1.29 is 5.11 Å². The quantitative estimate of drug-likeness (QED) is 0.762. The van der Waals surface area contributed by atoms with Crippen LogP contribution in [0.2, 0.25) is 0 Å². The van der Waals surface area contributed by atoms with Crippen molar-refractivity contribution in [2.45, 2.75) is 24.5 Å². The van der Waals surface area contributed by atoms with Crippen molar-refractivity contribution in [2.24, 2.45) is 5.73 Å². The first-order valence-corrected chi connectivity index (χ1v) is 5.64. The number of benzene rings is 2. The molecule has 0 unspecified atom stereocenters. The maximum Gasteiger partial charge on any atom is 0.0582 e. The number of rotatable bonds is 1. The van der Waals surface area contributed by atoms with E-state index in [4.69, 9.17) is 5.73 Å². The van der Waals surface area contributed by atoms with E-state index in [0.717, 1.165) is 5.56 Å². The molecule has 0 aliphatic heterocycles. The second-order valence-corrected chi connectivity index (χ2v) is 4.78. The molecular formula is C14H15NO. The van der Waals surface area contributed by atoms with E-state index in [1.54, 1.807) is 0 Å². The minimum Gasteiger partial charge on any atom is -0.393 e. The van der Waals surface area contributed by atoms with Gasteiger partial charge in [-0.3, -0.25) is 0 Å². The summed E-state index contributed by atoms with van der Waals surface area (Å²) in [5.41, 5.74) is 7.07. The van der Waals surface area contributed by atoms with Gasteiger partial charge in [-0.1, -0.05) is 36.4 Å². The Bertz CT molecular complexity index is 529. The van der Waals surface area contributed by atoms with E-state index in [0.29, 0.717) is 12.8 Å². The highest BCUT2D eigenvalue weighted by atomic mass is 16.3. The Hall–Kier alpha value is -1.38. The fraction of sp³-hybridized carbons (Fsp3) is 0.286. The second-order valence-electron chi connectivity index (χ2n) is 4.78. The van der Waals surface area contributed by atoms with Gasteiger partial charge in [0.15, 0.2) is 0 Å². The molecule has 0 amide bonds. The molecule has 0 spiro atoms. The Kier molecular flexibility index (Phi) is 2.03. The van der Waals surface area contributed by atoms with E-state index >= 15 is 0 Å². The number of aliphatic hydroxyl groups is 1. The van der Waals surface area contributed by atoms with Crippen molar-refractivity contribution in [3.63, 3.8) is 0 Å². The molecule has 0 bridgehead atoms. The molecular weight excluding hydrogens is 198 g/mol. The van der Waals surface area contributed by atoms with Crippen LogP contribution in [0.25, 0.3) is 10.8 Å². The fourth-order valence-electron chi connectivity index (χ4n) is 2.52. The smallest absolute Gasteiger partial charge is 0.0582 e. The predicted molar refractivity (Wildman–Crippen MR) is 65.1 cm³/mol. The molecule has 16 heavy (non-hydrogen) atoms. The topological polar surface area (TPSA) is 46.2 Å². The van der Waals surface area contributed by atoms with Gasteiger partial charge >= 0.3 is 0 Å². The number of hydrogen-bond acceptors (Lipinski definition) is 2. The zero-order valence-corrected chi connectivity index (χ0v) is 9.06. The zero-order valence-electron chi connectivity index (χ0n) is 9.06. The zero-order chi connectivity index (χ0) is 11.2. The van der Waals surface area contributed by atoms with Gasteiger partial charge in [0.1, 0.15) is 0 Å². The molecule has 1 aliphatic rings. The highest BCUT2D eigenvalue weighted by molar-refractivity contribution is 5.83. The molecule has 2 aromatic rings. The first-order chi connectivity index (χ1) is 7.67. The van der Waals surface area contributed by atoms with Crippen LogP contribution in [0.3, 0.4) is 0 Å². The Morgan fingerprint density at radius 1 is 1.06 bits per heavy atom. The molecule has 82 valence electrons. The average molecular weight is 213 g/mol. The fourth-order valence-corrected chi connectivity index (χ4v) is 2.52. The summed E-state index contributed by atoms with van der Waals surface area (Å²) in [6.07, 6.45) is 1.12. The van der Waals surface area contributed by atoms with Crippen molar-refractivity contribution in [3.8, 4) is 0 Å². The van der Waals surface area contributed by atoms with Crippen LogP contribution in [-0.2, 0) is 5.54 Å². The van der Waals surface area contributed by atoms with E-state index in [9.17, 15) is 5.11 Å². The van der Waals surface area contributed by atoms with E-state index in [1.165, 1.54) is 10.8 Å². The van der Waals surface area contributed by atoms with Crippen LogP contribution in [0.1, 0.15) is 18.4 Å². The van der Waals surface area contributed by atoms with Gasteiger partial charge in [-0.15, -0.1) is 0 Å². The highest BCUT2D eigenvalue weighted by Gasteiger charge is 2.41. The SMILES string of the molecule is NC1(c2ccc3ccccc3c2)CC(O)C1. The molecule has 2 nitrogen and oxygen atoms in total. The van der Waals surface area contributed by atoms with E-state index in [-0.39, 0.29) is 11.6 Å². The summed E-state index contributed by atoms with van der Waals surface area (Å²) in [7, 11) is 0. The molecule has 1 saturated carbocycles. The van der Waals surface area contributed by atoms with Gasteiger partial charge in [0.05, 0.1) is 6.10 Å². The van der Waals surface area contributed by atoms with Gasteiger partial charge in [-0.25, -0.2) is 0 Å². The maximum absolute atomic E-state index is 9.38. The molecule has 3 N–H and O–H groups in total. The van der Waals surface area contributed by atoms with Gasteiger partial charge in [0, 0.05) is 5.54 Å². The number of hydrogen-bond donors (Lipinski definition) is 2. The molecule has 1 aliphatic carbocycles. The second kappa shape index (κ2) is 3.30. The first-order valence-electron chi connectivity index (χ1n) is 5.64. The summed E-state index contributed by atoms with van der Waals surface area (Å²) in [6.45, 7) is 0. The van der Waals surface area contributed by atoms with Crippen molar-refractivity contribution in [1.29, 1.82) is 0 Å². The molecule has 2 heteroatoms. The summed E-state index contributed by atoms with van der Waals surface area (Å²) in [5.74, 6) is 0. The molecule has 0 radical (unpaired) electrons. The van der Waals surface area contributed by atoms with Crippen molar-refractivity contribution in [3.05, 3.63) is 48.0 Å². The van der Waals surface area contributed by atoms with Gasteiger partial charge in [-0.2, -0.15) is 0 Å². The summed E-state index contributed by atoms with van der Waals surface area (Å²) < 4.78 is 0. The van der Waals surface area contributed by atoms with Crippen molar-refractivity contribution in [2.75, 3.05) is 0 Å². The first kappa shape index (κ1) is 9.82. The lowest BCUT2D eigenvalue weighted by Gasteiger charge is -2.42. The van der Waals surface area contributed by atoms with Crippen LogP contribution in [0.4, 0.5) is 0 Å². The van der Waals surface area contributed by atoms with Crippen LogP contribution < -0.4 is 5.73 Å². The lowest BCUT2D eigenvalue weighted by molar-refractivity contribution is 0.0210. The molecule has 0 heterocycles. The maximum atomic E-state index is 9.38. The lowest BCUT2D eigenvalue weighted by Crippen LogP contribution is -2.51. The van der Waals surface area contributed by atoms with Crippen LogP contribution in [0.5, 0.6) is 0 Å². The Balaban J connectivity index is 2.06. The van der Waals surface area contributed by atoms with E-state index in [2.05, 4.69) is 30.3 Å². The average Bonchev–Trinajstić information content (AvgIpc) is 2.26. The monoisotopic (exact) mass is 213 g/mol. The van der Waals surface area contributed by atoms with E-state index in [1.807, 2.05) is 12.1 Å². The van der Waals surface area contributed by atoms with Crippen LogP contribution >= 0.6 is 0 Å². The predicted octanol–water partition coefficient (Wildman–Crippen LogP) is 2.15. The molecule has 3 rings (SSSR count). The van der Waals surface area contributed by atoms with E-state index < -0.39 is 0 Å². The number of nitrogens with two attached hydrogens (primary N) is 1. The van der Waals surface area contributed by atoms with Gasteiger partial charge < -0.3 is 10.8 Å². The summed E-state index contributed by atoms with van der Waals surface area (Å²) in [4.78, 5) is 0. The van der Waals surface area contributed by atoms with Crippen LogP contribution in [0, 0.1) is 0 Å². The molecule has 1 fully saturated rings. The van der Waals surface area contributed by atoms with Crippen molar-refractivity contribution >= 4 is 10.8 Å². The van der Waals surface area contributed by atoms with Crippen LogP contribution in [-0.4, -0.2) is 11.2 Å². The Morgan fingerprint density at radius 2 is 1.75 bits per heavy atom. The van der Waals surface area contributed by atoms with Crippen molar-refractivity contribution in [1.82, 2.24) is 0 Å². The molecule has 0 aromatic heterocycles. The largest absolute Gasteiger partial charge is 0.393 e. The third-order valence-electron chi connectivity index (χ3n) is 3.52. The Labute approximate surface area is 94.7 Å². The molecule has 0 atom stereocenters. The normalized spacial score (nSPS) is 29.0. The van der Waals surface area contributed by atoms with Gasteiger partial charge in [0.2, 0.25) is 0 Å². The van der Waals surface area contributed by atoms with Crippen LogP contribution in [0.15, 0.2) is 42.5 Å². The summed E-state index contributed by atoms with van der Waals surface area (Å²) in [6, 6.07) is 14.6. The van der Waals surface area contributed by atoms with Gasteiger partial charge in [-0.05, 0) is 35.2 Å². The summed E-state index contributed by atoms with van der Waals surface area (Å²) >= 11 is 0. The number of aliphatic hydroxyl groups excluding tert-OH is 1. The minimum absolute atomic E-state index is 0.225. The third-order valence-corrected chi connectivity index (χ3v) is 3.52.